The van der Waals surface area contributed by atoms with Gasteiger partial charge in [0.15, 0.2) is 0 Å². The molecular formula is C17H30N2O2. The molecule has 2 rings (SSSR count). The van der Waals surface area contributed by atoms with E-state index in [0.29, 0.717) is 24.8 Å². The Hall–Kier alpha value is -1.06. The smallest absolute Gasteiger partial charge is 0.245 e. The van der Waals surface area contributed by atoms with Crippen LogP contribution < -0.4 is 5.32 Å². The normalized spacial score (nSPS) is 32.5. The second-order valence-corrected chi connectivity index (χ2v) is 6.99. The van der Waals surface area contributed by atoms with E-state index in [-0.39, 0.29) is 23.8 Å². The van der Waals surface area contributed by atoms with Gasteiger partial charge >= 0.3 is 0 Å². The highest BCUT2D eigenvalue weighted by molar-refractivity contribution is 5.90. The van der Waals surface area contributed by atoms with Crippen LogP contribution in [0.2, 0.25) is 0 Å². The molecular weight excluding hydrogens is 264 g/mol. The standard InChI is InChI=1S/C17H30N2O2/c1-4-12(2)16-17(21)19(10-9-15(20)18-16)11-14-8-6-5-7-13(14)3/h12-14,16H,4-11H2,1-3H3,(H,18,20). The molecule has 120 valence electrons. The number of rotatable bonds is 4. The van der Waals surface area contributed by atoms with Gasteiger partial charge in [0.2, 0.25) is 11.8 Å². The van der Waals surface area contributed by atoms with E-state index in [1.807, 2.05) is 4.90 Å². The van der Waals surface area contributed by atoms with Crippen molar-refractivity contribution in [1.29, 1.82) is 0 Å². The summed E-state index contributed by atoms with van der Waals surface area (Å²) in [6.07, 6.45) is 6.45. The first-order chi connectivity index (χ1) is 10.0. The fourth-order valence-electron chi connectivity index (χ4n) is 3.60. The fourth-order valence-corrected chi connectivity index (χ4v) is 3.60. The van der Waals surface area contributed by atoms with Crippen molar-refractivity contribution in [2.45, 2.75) is 65.3 Å². The predicted octanol–water partition coefficient (Wildman–Crippen LogP) is 2.58. The van der Waals surface area contributed by atoms with Crippen LogP contribution in [0.3, 0.4) is 0 Å². The first kappa shape index (κ1) is 16.3. The fraction of sp³-hybridized carbons (Fsp3) is 0.882. The molecule has 21 heavy (non-hydrogen) atoms. The summed E-state index contributed by atoms with van der Waals surface area (Å²) in [6.45, 7) is 7.85. The maximum absolute atomic E-state index is 12.8. The number of amides is 2. The third-order valence-electron chi connectivity index (χ3n) is 5.46. The Morgan fingerprint density at radius 1 is 1.29 bits per heavy atom. The molecule has 0 spiro atoms. The van der Waals surface area contributed by atoms with Crippen LogP contribution in [0, 0.1) is 17.8 Å². The minimum atomic E-state index is -0.330. The average Bonchev–Trinajstić information content (AvgIpc) is 2.62. The van der Waals surface area contributed by atoms with Gasteiger partial charge in [0.25, 0.3) is 0 Å². The lowest BCUT2D eigenvalue weighted by Gasteiger charge is -2.35. The molecule has 4 nitrogen and oxygen atoms in total. The zero-order valence-corrected chi connectivity index (χ0v) is 13.7. The molecule has 2 aliphatic rings. The van der Waals surface area contributed by atoms with Gasteiger partial charge in [-0.3, -0.25) is 9.59 Å². The predicted molar refractivity (Wildman–Crippen MR) is 83.7 cm³/mol. The van der Waals surface area contributed by atoms with Crippen LogP contribution in [0.1, 0.15) is 59.3 Å². The van der Waals surface area contributed by atoms with E-state index in [9.17, 15) is 9.59 Å². The van der Waals surface area contributed by atoms with E-state index in [2.05, 4.69) is 26.1 Å². The van der Waals surface area contributed by atoms with Crippen molar-refractivity contribution in [2.24, 2.45) is 17.8 Å². The topological polar surface area (TPSA) is 49.4 Å². The molecule has 2 amide bonds. The summed E-state index contributed by atoms with van der Waals surface area (Å²) in [7, 11) is 0. The number of nitrogens with one attached hydrogen (secondary N) is 1. The third kappa shape index (κ3) is 3.98. The third-order valence-corrected chi connectivity index (χ3v) is 5.46. The molecule has 1 aliphatic carbocycles. The van der Waals surface area contributed by atoms with E-state index in [1.165, 1.54) is 25.7 Å². The first-order valence-electron chi connectivity index (χ1n) is 8.61. The molecule has 1 saturated heterocycles. The highest BCUT2D eigenvalue weighted by Crippen LogP contribution is 2.30. The summed E-state index contributed by atoms with van der Waals surface area (Å²) in [5, 5.41) is 2.93. The summed E-state index contributed by atoms with van der Waals surface area (Å²) in [6, 6.07) is -0.330. The Bertz CT molecular complexity index is 383. The van der Waals surface area contributed by atoms with E-state index in [1.54, 1.807) is 0 Å². The number of carbonyl (C=O) groups excluding carboxylic acids is 2. The minimum Gasteiger partial charge on any atom is -0.344 e. The maximum atomic E-state index is 12.8. The van der Waals surface area contributed by atoms with Gasteiger partial charge in [0, 0.05) is 19.5 Å². The van der Waals surface area contributed by atoms with Crippen molar-refractivity contribution < 1.29 is 9.59 Å². The Morgan fingerprint density at radius 3 is 2.67 bits per heavy atom. The van der Waals surface area contributed by atoms with Gasteiger partial charge in [-0.15, -0.1) is 0 Å². The summed E-state index contributed by atoms with van der Waals surface area (Å²) in [4.78, 5) is 26.6. The molecule has 1 heterocycles. The van der Waals surface area contributed by atoms with E-state index < -0.39 is 0 Å². The van der Waals surface area contributed by atoms with Crippen molar-refractivity contribution in [3.63, 3.8) is 0 Å². The van der Waals surface area contributed by atoms with Gasteiger partial charge in [-0.2, -0.15) is 0 Å². The summed E-state index contributed by atoms with van der Waals surface area (Å²) < 4.78 is 0. The van der Waals surface area contributed by atoms with Crippen LogP contribution in [0.25, 0.3) is 0 Å². The molecule has 0 radical (unpaired) electrons. The van der Waals surface area contributed by atoms with E-state index in [0.717, 1.165) is 13.0 Å². The summed E-state index contributed by atoms with van der Waals surface area (Å²) in [5.41, 5.74) is 0. The van der Waals surface area contributed by atoms with Crippen molar-refractivity contribution in [2.75, 3.05) is 13.1 Å². The molecule has 0 aromatic carbocycles. The lowest BCUT2D eigenvalue weighted by Crippen LogP contribution is -2.49. The lowest BCUT2D eigenvalue weighted by molar-refractivity contribution is -0.135. The van der Waals surface area contributed by atoms with Crippen molar-refractivity contribution >= 4 is 11.8 Å². The molecule has 4 unspecified atom stereocenters. The quantitative estimate of drug-likeness (QED) is 0.866. The van der Waals surface area contributed by atoms with Crippen LogP contribution in [0.4, 0.5) is 0 Å². The summed E-state index contributed by atoms with van der Waals surface area (Å²) in [5.74, 6) is 1.65. The Kier molecular flexibility index (Phi) is 5.65. The number of carbonyl (C=O) groups is 2. The Balaban J connectivity index is 2.06. The van der Waals surface area contributed by atoms with Crippen molar-refractivity contribution in [1.82, 2.24) is 10.2 Å². The van der Waals surface area contributed by atoms with Crippen LogP contribution in [0.5, 0.6) is 0 Å². The largest absolute Gasteiger partial charge is 0.344 e. The zero-order chi connectivity index (χ0) is 15.4. The molecule has 4 heteroatoms. The Morgan fingerprint density at radius 2 is 2.00 bits per heavy atom. The zero-order valence-electron chi connectivity index (χ0n) is 13.7. The summed E-state index contributed by atoms with van der Waals surface area (Å²) >= 11 is 0. The van der Waals surface area contributed by atoms with Crippen LogP contribution in [0.15, 0.2) is 0 Å². The maximum Gasteiger partial charge on any atom is 0.245 e. The molecule has 2 fully saturated rings. The molecule has 4 atom stereocenters. The number of nitrogens with zero attached hydrogens (tertiary/aromatic N) is 1. The van der Waals surface area contributed by atoms with Crippen molar-refractivity contribution in [3.05, 3.63) is 0 Å². The van der Waals surface area contributed by atoms with Gasteiger partial charge in [-0.1, -0.05) is 46.5 Å². The second kappa shape index (κ2) is 7.28. The van der Waals surface area contributed by atoms with Gasteiger partial charge in [-0.05, 0) is 24.2 Å². The van der Waals surface area contributed by atoms with Gasteiger partial charge in [-0.25, -0.2) is 0 Å². The molecule has 0 aromatic heterocycles. The molecule has 0 bridgehead atoms. The molecule has 1 aliphatic heterocycles. The van der Waals surface area contributed by atoms with Gasteiger partial charge in [0.05, 0.1) is 0 Å². The minimum absolute atomic E-state index is 0.0212. The molecule has 1 N–H and O–H groups in total. The SMILES string of the molecule is CCC(C)C1NC(=O)CCN(CC2CCCCC2C)C1=O. The van der Waals surface area contributed by atoms with Crippen LogP contribution in [-0.2, 0) is 9.59 Å². The van der Waals surface area contributed by atoms with Crippen molar-refractivity contribution in [3.8, 4) is 0 Å². The van der Waals surface area contributed by atoms with Crippen LogP contribution >= 0.6 is 0 Å². The highest BCUT2D eigenvalue weighted by atomic mass is 16.2. The molecule has 1 saturated carbocycles. The lowest BCUT2D eigenvalue weighted by atomic mass is 9.80. The number of hydrogen-bond acceptors (Lipinski definition) is 2. The number of hydrogen-bond donors (Lipinski definition) is 1. The molecule has 0 aromatic rings. The Labute approximate surface area is 128 Å². The van der Waals surface area contributed by atoms with E-state index in [4.69, 9.17) is 0 Å². The first-order valence-corrected chi connectivity index (χ1v) is 8.61. The van der Waals surface area contributed by atoms with Crippen LogP contribution in [-0.4, -0.2) is 35.8 Å². The second-order valence-electron chi connectivity index (χ2n) is 6.99. The van der Waals surface area contributed by atoms with Gasteiger partial charge < -0.3 is 10.2 Å². The van der Waals surface area contributed by atoms with E-state index >= 15 is 0 Å². The monoisotopic (exact) mass is 294 g/mol. The highest BCUT2D eigenvalue weighted by Gasteiger charge is 2.34. The van der Waals surface area contributed by atoms with Gasteiger partial charge in [0.1, 0.15) is 6.04 Å². The average molecular weight is 294 g/mol.